The van der Waals surface area contributed by atoms with E-state index < -0.39 is 11.9 Å². The smallest absolute Gasteiger partial charge is 0.390 e. The van der Waals surface area contributed by atoms with E-state index in [-0.39, 0.29) is 12.6 Å². The fourth-order valence-corrected chi connectivity index (χ4v) is 3.78. The van der Waals surface area contributed by atoms with Gasteiger partial charge in [-0.15, -0.1) is 0 Å². The Hall–Kier alpha value is -4.09. The zero-order chi connectivity index (χ0) is 24.7. The lowest BCUT2D eigenvalue weighted by atomic mass is 10.1. The van der Waals surface area contributed by atoms with E-state index >= 15 is 0 Å². The van der Waals surface area contributed by atoms with E-state index in [9.17, 15) is 18.3 Å². The molecule has 0 bridgehead atoms. The summed E-state index contributed by atoms with van der Waals surface area (Å²) in [7, 11) is 0. The van der Waals surface area contributed by atoms with Crippen molar-refractivity contribution in [3.05, 3.63) is 84.1 Å². The lowest BCUT2D eigenvalue weighted by molar-refractivity contribution is -0.141. The van der Waals surface area contributed by atoms with E-state index in [1.54, 1.807) is 41.2 Å². The topological polar surface area (TPSA) is 108 Å². The second-order valence-electron chi connectivity index (χ2n) is 8.01. The van der Waals surface area contributed by atoms with Gasteiger partial charge in [0.15, 0.2) is 11.5 Å². The zero-order valence-corrected chi connectivity index (χ0v) is 18.5. The molecule has 0 saturated carbocycles. The number of aromatic nitrogens is 6. The molecule has 35 heavy (non-hydrogen) atoms. The summed E-state index contributed by atoms with van der Waals surface area (Å²) in [5, 5.41) is 18.2. The normalized spacial score (nSPS) is 12.9. The second-order valence-corrected chi connectivity index (χ2v) is 8.01. The van der Waals surface area contributed by atoms with Crippen molar-refractivity contribution in [3.63, 3.8) is 0 Å². The van der Waals surface area contributed by atoms with Crippen LogP contribution in [0, 0.1) is 0 Å². The number of hydrogen-bond donors (Lipinski definition) is 2. The summed E-state index contributed by atoms with van der Waals surface area (Å²) in [6.45, 7) is 1.57. The number of fused-ring (bicyclic) bond motifs is 1. The van der Waals surface area contributed by atoms with E-state index in [1.165, 1.54) is 10.9 Å². The lowest BCUT2D eigenvalue weighted by Crippen LogP contribution is -2.08. The summed E-state index contributed by atoms with van der Waals surface area (Å²) in [5.74, 6) is 0.448. The molecule has 0 unspecified atom stereocenters. The van der Waals surface area contributed by atoms with Gasteiger partial charge < -0.3 is 10.8 Å². The Balaban J connectivity index is 1.76. The molecule has 1 atom stereocenters. The number of alkyl halides is 3. The molecule has 0 fully saturated rings. The number of aliphatic hydroxyl groups excluding tert-OH is 1. The van der Waals surface area contributed by atoms with Crippen LogP contribution in [0.2, 0.25) is 0 Å². The molecule has 11 heteroatoms. The number of halogens is 3. The minimum absolute atomic E-state index is 0.245. The fourth-order valence-electron chi connectivity index (χ4n) is 3.78. The van der Waals surface area contributed by atoms with Gasteiger partial charge in [-0.1, -0.05) is 12.1 Å². The summed E-state index contributed by atoms with van der Waals surface area (Å²) in [4.78, 5) is 9.04. The van der Waals surface area contributed by atoms with Gasteiger partial charge in [-0.05, 0) is 49.4 Å². The number of nitrogens with two attached hydrogens (primary N) is 1. The fraction of sp³-hybridized carbons (Fsp3) is 0.167. The highest BCUT2D eigenvalue weighted by molar-refractivity contribution is 5.92. The molecule has 4 aromatic heterocycles. The van der Waals surface area contributed by atoms with Crippen LogP contribution in [-0.4, -0.2) is 34.6 Å². The van der Waals surface area contributed by atoms with Crippen LogP contribution in [0.3, 0.4) is 0 Å². The minimum atomic E-state index is -4.58. The van der Waals surface area contributed by atoms with Crippen molar-refractivity contribution in [1.82, 2.24) is 29.5 Å². The third kappa shape index (κ3) is 4.27. The number of pyridine rings is 2. The summed E-state index contributed by atoms with van der Waals surface area (Å²) >= 11 is 0. The van der Waals surface area contributed by atoms with Crippen LogP contribution in [0.5, 0.6) is 0 Å². The standard InChI is InChI=1S/C24H20F3N7O/c1-14(28)18-5-3-6-19(31-18)15-10-20(33-9-8-22(32-33)24(25,26)27)17-12-29-34(21(17)11-15)23-7-2-4-16(13-35)30-23/h2-12,14,35H,13,28H2,1H3/t14-/m0/s1. The van der Waals surface area contributed by atoms with Gasteiger partial charge in [0, 0.05) is 23.2 Å². The lowest BCUT2D eigenvalue weighted by Gasteiger charge is -2.12. The van der Waals surface area contributed by atoms with E-state index in [4.69, 9.17) is 5.73 Å². The van der Waals surface area contributed by atoms with Crippen molar-refractivity contribution < 1.29 is 18.3 Å². The van der Waals surface area contributed by atoms with Crippen LogP contribution in [0.15, 0.2) is 67.0 Å². The number of rotatable bonds is 5. The molecular formula is C24H20F3N7O. The molecule has 5 aromatic rings. The Morgan fingerprint density at radius 2 is 1.86 bits per heavy atom. The molecule has 0 amide bonds. The van der Waals surface area contributed by atoms with Crippen LogP contribution >= 0.6 is 0 Å². The molecule has 3 N–H and O–H groups in total. The molecule has 8 nitrogen and oxygen atoms in total. The van der Waals surface area contributed by atoms with Crippen LogP contribution in [0.1, 0.15) is 30.0 Å². The van der Waals surface area contributed by atoms with Gasteiger partial charge in [0.2, 0.25) is 0 Å². The van der Waals surface area contributed by atoms with Crippen LogP contribution in [0.4, 0.5) is 13.2 Å². The highest BCUT2D eigenvalue weighted by Crippen LogP contribution is 2.33. The van der Waals surface area contributed by atoms with Gasteiger partial charge in [-0.2, -0.15) is 23.4 Å². The average molecular weight is 479 g/mol. The highest BCUT2D eigenvalue weighted by atomic mass is 19.4. The van der Waals surface area contributed by atoms with Crippen molar-refractivity contribution in [3.8, 4) is 22.8 Å². The van der Waals surface area contributed by atoms with Gasteiger partial charge in [-0.25, -0.2) is 14.3 Å². The number of hydrogen-bond acceptors (Lipinski definition) is 6. The number of nitrogens with zero attached hydrogens (tertiary/aromatic N) is 6. The summed E-state index contributed by atoms with van der Waals surface area (Å²) < 4.78 is 42.5. The Labute approximate surface area is 197 Å². The number of benzene rings is 1. The predicted molar refractivity (Wildman–Crippen MR) is 123 cm³/mol. The first-order valence-corrected chi connectivity index (χ1v) is 10.7. The third-order valence-electron chi connectivity index (χ3n) is 5.50. The first-order chi connectivity index (χ1) is 16.7. The zero-order valence-electron chi connectivity index (χ0n) is 18.5. The van der Waals surface area contributed by atoms with E-state index in [0.29, 0.717) is 45.1 Å². The van der Waals surface area contributed by atoms with Crippen LogP contribution in [0.25, 0.3) is 33.7 Å². The van der Waals surface area contributed by atoms with E-state index in [1.807, 2.05) is 25.1 Å². The quantitative estimate of drug-likeness (QED) is 0.391. The summed E-state index contributed by atoms with van der Waals surface area (Å²) in [6.07, 6.45) is -1.77. The molecule has 4 heterocycles. The molecule has 1 aromatic carbocycles. The second kappa shape index (κ2) is 8.60. The molecule has 0 spiro atoms. The van der Waals surface area contributed by atoms with Crippen molar-refractivity contribution in [2.24, 2.45) is 5.73 Å². The van der Waals surface area contributed by atoms with Crippen molar-refractivity contribution in [2.75, 3.05) is 0 Å². The summed E-state index contributed by atoms with van der Waals surface area (Å²) in [6, 6.07) is 14.7. The molecule has 0 radical (unpaired) electrons. The van der Waals surface area contributed by atoms with E-state index in [0.717, 1.165) is 6.07 Å². The highest BCUT2D eigenvalue weighted by Gasteiger charge is 2.34. The molecule has 0 aliphatic carbocycles. The van der Waals surface area contributed by atoms with Gasteiger partial charge in [0.1, 0.15) is 0 Å². The molecule has 0 saturated heterocycles. The van der Waals surface area contributed by atoms with Crippen molar-refractivity contribution >= 4 is 10.9 Å². The van der Waals surface area contributed by atoms with Crippen LogP contribution < -0.4 is 5.73 Å². The van der Waals surface area contributed by atoms with Crippen molar-refractivity contribution in [1.29, 1.82) is 0 Å². The molecule has 0 aliphatic rings. The average Bonchev–Trinajstić information content (AvgIpc) is 3.51. The maximum atomic E-state index is 13.2. The molecular weight excluding hydrogens is 459 g/mol. The minimum Gasteiger partial charge on any atom is -0.390 e. The Kier molecular flexibility index (Phi) is 5.58. The maximum absolute atomic E-state index is 13.2. The molecule has 5 rings (SSSR count). The summed E-state index contributed by atoms with van der Waals surface area (Å²) in [5.41, 5.74) is 8.33. The monoisotopic (exact) mass is 479 g/mol. The van der Waals surface area contributed by atoms with Crippen LogP contribution in [-0.2, 0) is 12.8 Å². The Morgan fingerprint density at radius 3 is 2.57 bits per heavy atom. The SMILES string of the molecule is C[C@H](N)c1cccc(-c2cc(-n3ccc(C(F)(F)F)n3)c3cnn(-c4cccc(CO)n4)c3c2)n1. The Morgan fingerprint density at radius 1 is 1.06 bits per heavy atom. The molecule has 0 aliphatic heterocycles. The first-order valence-electron chi connectivity index (χ1n) is 10.7. The first kappa shape index (κ1) is 22.7. The maximum Gasteiger partial charge on any atom is 0.435 e. The van der Waals surface area contributed by atoms with Gasteiger partial charge in [0.25, 0.3) is 0 Å². The third-order valence-corrected chi connectivity index (χ3v) is 5.50. The number of aliphatic hydroxyl groups is 1. The van der Waals surface area contributed by atoms with Crippen molar-refractivity contribution in [2.45, 2.75) is 25.7 Å². The Bertz CT molecular complexity index is 1520. The van der Waals surface area contributed by atoms with Gasteiger partial charge >= 0.3 is 6.18 Å². The van der Waals surface area contributed by atoms with Gasteiger partial charge in [0.05, 0.1) is 41.1 Å². The van der Waals surface area contributed by atoms with E-state index in [2.05, 4.69) is 20.2 Å². The largest absolute Gasteiger partial charge is 0.435 e. The molecule has 178 valence electrons. The predicted octanol–water partition coefficient (Wildman–Crippen LogP) is 4.20. The van der Waals surface area contributed by atoms with Gasteiger partial charge in [-0.3, -0.25) is 4.98 Å².